The van der Waals surface area contributed by atoms with E-state index in [-0.39, 0.29) is 50.2 Å². The quantitative estimate of drug-likeness (QED) is 0.646. The van der Waals surface area contributed by atoms with E-state index in [1.165, 1.54) is 11.1 Å². The van der Waals surface area contributed by atoms with Crippen molar-refractivity contribution in [2.45, 2.75) is 25.4 Å². The zero-order valence-electron chi connectivity index (χ0n) is 19.1. The van der Waals surface area contributed by atoms with Gasteiger partial charge < -0.3 is 9.80 Å². The Labute approximate surface area is 200 Å². The van der Waals surface area contributed by atoms with Crippen LogP contribution < -0.4 is 5.01 Å². The minimum Gasteiger partial charge on any atom is -0.338 e. The van der Waals surface area contributed by atoms with Crippen molar-refractivity contribution in [1.82, 2.24) is 19.8 Å². The second-order valence-corrected chi connectivity index (χ2v) is 8.49. The summed E-state index contributed by atoms with van der Waals surface area (Å²) in [6.45, 7) is 1.61. The monoisotopic (exact) mass is 489 g/mol. The highest BCUT2D eigenvalue weighted by atomic mass is 19.4. The fourth-order valence-corrected chi connectivity index (χ4v) is 4.26. The number of carbonyl (C=O) groups is 3. The van der Waals surface area contributed by atoms with E-state index in [2.05, 4.69) is 4.98 Å². The third kappa shape index (κ3) is 5.79. The smallest absolute Gasteiger partial charge is 0.338 e. The summed E-state index contributed by atoms with van der Waals surface area (Å²) < 4.78 is 39.9. The van der Waals surface area contributed by atoms with Crippen molar-refractivity contribution in [1.29, 1.82) is 0 Å². The van der Waals surface area contributed by atoms with Crippen LogP contribution >= 0.6 is 0 Å². The molecule has 0 radical (unpaired) electrons. The average molecular weight is 489 g/mol. The number of hydrogen-bond donors (Lipinski definition) is 0. The van der Waals surface area contributed by atoms with Gasteiger partial charge in [-0.25, -0.2) is 10.0 Å². The van der Waals surface area contributed by atoms with Gasteiger partial charge in [0.25, 0.3) is 5.91 Å². The Morgan fingerprint density at radius 1 is 0.971 bits per heavy atom. The number of alkyl halides is 3. The third-order valence-corrected chi connectivity index (χ3v) is 6.13. The van der Waals surface area contributed by atoms with Crippen molar-refractivity contribution in [2.75, 3.05) is 44.3 Å². The Morgan fingerprint density at radius 3 is 2.34 bits per heavy atom. The number of benzene rings is 1. The average Bonchev–Trinajstić information content (AvgIpc) is 2.86. The van der Waals surface area contributed by atoms with Crippen LogP contribution in [0.25, 0.3) is 0 Å². The molecule has 1 aromatic heterocycles. The molecule has 1 aromatic carbocycles. The maximum Gasteiger partial charge on any atom is 0.433 e. The maximum atomic E-state index is 13.4. The molecular weight excluding hydrogens is 463 g/mol. The van der Waals surface area contributed by atoms with Gasteiger partial charge in [-0.2, -0.15) is 13.2 Å². The van der Waals surface area contributed by atoms with E-state index in [9.17, 15) is 27.6 Å². The van der Waals surface area contributed by atoms with Crippen molar-refractivity contribution in [3.63, 3.8) is 0 Å². The van der Waals surface area contributed by atoms with Gasteiger partial charge in [0.2, 0.25) is 11.8 Å². The van der Waals surface area contributed by atoms with Crippen molar-refractivity contribution in [2.24, 2.45) is 0 Å². The molecule has 0 spiro atoms. The highest BCUT2D eigenvalue weighted by molar-refractivity contribution is 6.05. The van der Waals surface area contributed by atoms with E-state index in [4.69, 9.17) is 0 Å². The molecule has 0 unspecified atom stereocenters. The van der Waals surface area contributed by atoms with Crippen LogP contribution in [0.4, 0.5) is 18.9 Å². The summed E-state index contributed by atoms with van der Waals surface area (Å²) in [5, 5.41) is 2.86. The number of aromatic nitrogens is 1. The molecule has 2 fully saturated rings. The molecule has 2 aliphatic rings. The number of likely N-dealkylation sites (tertiary alicyclic amines) is 1. The Bertz CT molecular complexity index is 1070. The molecule has 0 bridgehead atoms. The molecule has 3 heterocycles. The Hall–Kier alpha value is -3.47. The fourth-order valence-electron chi connectivity index (χ4n) is 4.26. The molecule has 3 amide bonds. The van der Waals surface area contributed by atoms with Crippen LogP contribution in [0.1, 0.15) is 35.3 Å². The number of nitrogens with zero attached hydrogens (tertiary/aromatic N) is 5. The molecule has 186 valence electrons. The molecule has 0 aliphatic carbocycles. The lowest BCUT2D eigenvalue weighted by molar-refractivity contribution is -0.142. The first kappa shape index (κ1) is 24.6. The zero-order chi connectivity index (χ0) is 25.0. The summed E-state index contributed by atoms with van der Waals surface area (Å²) in [4.78, 5) is 44.8. The van der Waals surface area contributed by atoms with E-state index in [0.29, 0.717) is 18.5 Å². The van der Waals surface area contributed by atoms with E-state index in [1.807, 2.05) is 0 Å². The van der Waals surface area contributed by atoms with Crippen LogP contribution in [-0.4, -0.2) is 76.8 Å². The minimum atomic E-state index is -4.66. The molecule has 0 N–H and O–H groups in total. The van der Waals surface area contributed by atoms with Crippen LogP contribution in [0.3, 0.4) is 0 Å². The van der Waals surface area contributed by atoms with Crippen LogP contribution in [0.2, 0.25) is 0 Å². The van der Waals surface area contributed by atoms with Gasteiger partial charge in [0, 0.05) is 50.9 Å². The number of rotatable bonds is 5. The van der Waals surface area contributed by atoms with Gasteiger partial charge in [-0.15, -0.1) is 0 Å². The van der Waals surface area contributed by atoms with Crippen molar-refractivity contribution in [3.05, 3.63) is 59.9 Å². The van der Waals surface area contributed by atoms with Gasteiger partial charge in [-0.1, -0.05) is 18.2 Å². The van der Waals surface area contributed by atoms with Crippen molar-refractivity contribution < 1.29 is 27.6 Å². The summed E-state index contributed by atoms with van der Waals surface area (Å²) in [5.74, 6) is -0.686. The van der Waals surface area contributed by atoms with E-state index >= 15 is 0 Å². The summed E-state index contributed by atoms with van der Waals surface area (Å²) in [7, 11) is 0. The summed E-state index contributed by atoms with van der Waals surface area (Å²) in [6, 6.07) is 10.5. The van der Waals surface area contributed by atoms with Crippen molar-refractivity contribution >= 4 is 23.4 Å². The predicted molar refractivity (Wildman–Crippen MR) is 121 cm³/mol. The highest BCUT2D eigenvalue weighted by Gasteiger charge is 2.35. The topological polar surface area (TPSA) is 77.1 Å². The minimum absolute atomic E-state index is 0.0186. The first-order valence-corrected chi connectivity index (χ1v) is 11.5. The van der Waals surface area contributed by atoms with E-state index in [0.717, 1.165) is 25.1 Å². The number of piperazine rings is 1. The highest BCUT2D eigenvalue weighted by Crippen LogP contribution is 2.31. The maximum absolute atomic E-state index is 13.4. The number of carbonyl (C=O) groups excluding carboxylic acids is 3. The lowest BCUT2D eigenvalue weighted by atomic mass is 10.1. The van der Waals surface area contributed by atoms with Gasteiger partial charge in [0.05, 0.1) is 12.2 Å². The van der Waals surface area contributed by atoms with Gasteiger partial charge in [0.15, 0.2) is 0 Å². The molecular formula is C24H26F3N5O3. The number of halogens is 3. The molecule has 35 heavy (non-hydrogen) atoms. The van der Waals surface area contributed by atoms with Crippen LogP contribution in [-0.2, 0) is 15.8 Å². The van der Waals surface area contributed by atoms with Crippen LogP contribution in [0.15, 0.2) is 48.7 Å². The number of hydrogen-bond acceptors (Lipinski definition) is 5. The van der Waals surface area contributed by atoms with Crippen molar-refractivity contribution in [3.8, 4) is 0 Å². The first-order valence-electron chi connectivity index (χ1n) is 11.5. The number of pyridine rings is 1. The summed E-state index contributed by atoms with van der Waals surface area (Å²) in [6.07, 6.45) is -1.48. The Balaban J connectivity index is 1.51. The standard InChI is InChI=1S/C24H26F3N5O3/c25-24(26,27)20-16-19(9-10-28-20)32(23(35)18-6-2-1-3-7-18)31-14-12-29(13-15-31)22(34)17-30-11-5-4-8-21(30)33/h1-3,6-7,9-10,16H,4-5,8,11-15,17H2. The number of amides is 3. The molecule has 0 saturated carbocycles. The lowest BCUT2D eigenvalue weighted by Gasteiger charge is -2.41. The SMILES string of the molecule is O=C(CN1CCCCC1=O)N1CCN(N(C(=O)c2ccccc2)c2ccnc(C(F)(F)F)c2)CC1. The second kappa shape index (κ2) is 10.4. The van der Waals surface area contributed by atoms with E-state index in [1.54, 1.807) is 45.1 Å². The molecule has 4 rings (SSSR count). The van der Waals surface area contributed by atoms with Gasteiger partial charge in [-0.3, -0.25) is 19.4 Å². The van der Waals surface area contributed by atoms with Gasteiger partial charge >= 0.3 is 6.18 Å². The van der Waals surface area contributed by atoms with Crippen LogP contribution in [0.5, 0.6) is 0 Å². The Morgan fingerprint density at radius 2 is 1.69 bits per heavy atom. The largest absolute Gasteiger partial charge is 0.433 e. The van der Waals surface area contributed by atoms with Crippen LogP contribution in [0, 0.1) is 0 Å². The predicted octanol–water partition coefficient (Wildman–Crippen LogP) is 2.82. The summed E-state index contributed by atoms with van der Waals surface area (Å²) in [5.41, 5.74) is -0.735. The van der Waals surface area contributed by atoms with E-state index < -0.39 is 17.8 Å². The molecule has 0 atom stereocenters. The Kier molecular flexibility index (Phi) is 7.34. The molecule has 2 aliphatic heterocycles. The first-order chi connectivity index (χ1) is 16.7. The third-order valence-electron chi connectivity index (χ3n) is 6.13. The van der Waals surface area contributed by atoms with Gasteiger partial charge in [-0.05, 0) is 37.1 Å². The molecule has 8 nitrogen and oxygen atoms in total. The zero-order valence-corrected chi connectivity index (χ0v) is 19.1. The second-order valence-electron chi connectivity index (χ2n) is 8.49. The number of hydrazine groups is 1. The molecule has 2 aromatic rings. The van der Waals surface area contributed by atoms with Gasteiger partial charge in [0.1, 0.15) is 5.69 Å². The number of piperidine rings is 1. The lowest BCUT2D eigenvalue weighted by Crippen LogP contribution is -2.58. The molecule has 2 saturated heterocycles. The fraction of sp³-hybridized carbons (Fsp3) is 0.417. The normalized spacial score (nSPS) is 17.4. The molecule has 11 heteroatoms. The number of anilines is 1. The summed E-state index contributed by atoms with van der Waals surface area (Å²) >= 11 is 0.